The van der Waals surface area contributed by atoms with E-state index in [9.17, 15) is 9.59 Å². The number of nitrogens with zero attached hydrogens (tertiary/aromatic N) is 2. The molecule has 0 bridgehead atoms. The molecule has 0 saturated carbocycles. The van der Waals surface area contributed by atoms with E-state index in [1.54, 1.807) is 0 Å². The largest absolute Gasteiger partial charge is 0.312 e. The highest BCUT2D eigenvalue weighted by Crippen LogP contribution is 2.40. The first-order valence-corrected chi connectivity index (χ1v) is 24.3. The molecule has 1 aromatic carbocycles. The van der Waals surface area contributed by atoms with Crippen LogP contribution >= 0.6 is 0 Å². The molecule has 0 N–H and O–H groups in total. The number of benzene rings is 1. The Bertz CT molecular complexity index is 1040. The SMILES string of the molecule is CCCCCCCCCCC(CCCCCCCC)CN1C(=O)Cc2cc3c(cc21)CC(=O)N3CC(CCCCCCCC)CCCCCCCCCC. The van der Waals surface area contributed by atoms with Crippen LogP contribution in [0.4, 0.5) is 11.4 Å². The molecule has 0 radical (unpaired) electrons. The number of anilines is 2. The van der Waals surface area contributed by atoms with Gasteiger partial charge >= 0.3 is 0 Å². The van der Waals surface area contributed by atoms with E-state index in [4.69, 9.17) is 0 Å². The van der Waals surface area contributed by atoms with Crippen LogP contribution in [0.1, 0.15) is 244 Å². The smallest absolute Gasteiger partial charge is 0.231 e. The molecule has 2 unspecified atom stereocenters. The third-order valence-electron chi connectivity index (χ3n) is 12.9. The molecule has 2 heterocycles. The molecule has 0 fully saturated rings. The maximum absolute atomic E-state index is 13.7. The van der Waals surface area contributed by atoms with Gasteiger partial charge in [-0.2, -0.15) is 0 Å². The first-order valence-electron chi connectivity index (χ1n) is 24.3. The minimum atomic E-state index is 0.270. The lowest BCUT2D eigenvalue weighted by Crippen LogP contribution is -2.32. The minimum Gasteiger partial charge on any atom is -0.312 e. The van der Waals surface area contributed by atoms with Gasteiger partial charge in [-0.1, -0.05) is 207 Å². The Morgan fingerprint density at radius 2 is 0.630 bits per heavy atom. The van der Waals surface area contributed by atoms with Crippen molar-refractivity contribution in [3.63, 3.8) is 0 Å². The third-order valence-corrected chi connectivity index (χ3v) is 12.9. The van der Waals surface area contributed by atoms with Gasteiger partial charge in [0, 0.05) is 24.5 Å². The summed E-state index contributed by atoms with van der Waals surface area (Å²) in [6.45, 7) is 10.9. The second-order valence-corrected chi connectivity index (χ2v) is 17.8. The second-order valence-electron chi connectivity index (χ2n) is 17.8. The zero-order valence-corrected chi connectivity index (χ0v) is 36.5. The molecule has 2 aliphatic rings. The Hall–Kier alpha value is -1.84. The van der Waals surface area contributed by atoms with Crippen LogP contribution in [0.2, 0.25) is 0 Å². The van der Waals surface area contributed by atoms with Crippen LogP contribution in [0.15, 0.2) is 12.1 Å². The van der Waals surface area contributed by atoms with Gasteiger partial charge in [0.25, 0.3) is 0 Å². The van der Waals surface area contributed by atoms with Gasteiger partial charge in [-0.3, -0.25) is 9.59 Å². The quantitative estimate of drug-likeness (QED) is 0.0641. The number of hydrogen-bond donors (Lipinski definition) is 0. The van der Waals surface area contributed by atoms with Crippen molar-refractivity contribution < 1.29 is 9.59 Å². The maximum Gasteiger partial charge on any atom is 0.231 e. The van der Waals surface area contributed by atoms with Crippen LogP contribution in [0.25, 0.3) is 0 Å². The van der Waals surface area contributed by atoms with Crippen LogP contribution in [0.3, 0.4) is 0 Å². The van der Waals surface area contributed by atoms with Gasteiger partial charge in [-0.05, 0) is 60.8 Å². The van der Waals surface area contributed by atoms with Gasteiger partial charge in [-0.25, -0.2) is 0 Å². The summed E-state index contributed by atoms with van der Waals surface area (Å²) in [6, 6.07) is 4.51. The average Bonchev–Trinajstić information content (AvgIpc) is 3.64. The van der Waals surface area contributed by atoms with Crippen molar-refractivity contribution >= 4 is 23.2 Å². The number of hydrogen-bond acceptors (Lipinski definition) is 2. The summed E-state index contributed by atoms with van der Waals surface area (Å²) in [6.07, 6.45) is 43.5. The number of carbonyl (C=O) groups excluding carboxylic acids is 2. The molecule has 0 aliphatic carbocycles. The van der Waals surface area contributed by atoms with Crippen LogP contribution in [-0.4, -0.2) is 24.9 Å². The summed E-state index contributed by atoms with van der Waals surface area (Å²) in [5, 5.41) is 0. The highest BCUT2D eigenvalue weighted by Gasteiger charge is 2.35. The highest BCUT2D eigenvalue weighted by molar-refractivity contribution is 6.06. The molecule has 4 heteroatoms. The lowest BCUT2D eigenvalue weighted by molar-refractivity contribution is -0.118. The average molecular weight is 749 g/mol. The van der Waals surface area contributed by atoms with E-state index < -0.39 is 0 Å². The van der Waals surface area contributed by atoms with Crippen LogP contribution in [0.5, 0.6) is 0 Å². The number of unbranched alkanes of at least 4 members (excludes halogenated alkanes) is 24. The molecule has 0 aromatic heterocycles. The summed E-state index contributed by atoms with van der Waals surface area (Å²) in [5.74, 6) is 1.67. The lowest BCUT2D eigenvalue weighted by atomic mass is 9.93. The van der Waals surface area contributed by atoms with Gasteiger partial charge in [-0.15, -0.1) is 0 Å². The Morgan fingerprint density at radius 3 is 0.889 bits per heavy atom. The molecular formula is C50H88N2O2. The first-order chi connectivity index (χ1) is 26.5. The van der Waals surface area contributed by atoms with Crippen molar-refractivity contribution in [2.75, 3.05) is 22.9 Å². The Morgan fingerprint density at radius 1 is 0.389 bits per heavy atom. The maximum atomic E-state index is 13.7. The second kappa shape index (κ2) is 29.4. The molecule has 54 heavy (non-hydrogen) atoms. The predicted octanol–water partition coefficient (Wildman–Crippen LogP) is 15.3. The van der Waals surface area contributed by atoms with Gasteiger partial charge in [0.1, 0.15) is 0 Å². The number of rotatable bonds is 36. The molecule has 3 rings (SSSR count). The molecule has 2 atom stereocenters. The molecule has 0 saturated heterocycles. The Balaban J connectivity index is 1.62. The van der Waals surface area contributed by atoms with E-state index in [2.05, 4.69) is 49.6 Å². The van der Waals surface area contributed by atoms with E-state index in [0.29, 0.717) is 24.7 Å². The highest BCUT2D eigenvalue weighted by atomic mass is 16.2. The molecule has 4 nitrogen and oxygen atoms in total. The van der Waals surface area contributed by atoms with E-state index in [1.165, 1.54) is 205 Å². The van der Waals surface area contributed by atoms with Crippen molar-refractivity contribution in [2.24, 2.45) is 11.8 Å². The monoisotopic (exact) mass is 749 g/mol. The van der Waals surface area contributed by atoms with E-state index in [0.717, 1.165) is 35.6 Å². The van der Waals surface area contributed by atoms with Gasteiger partial charge < -0.3 is 9.80 Å². The molecular weight excluding hydrogens is 661 g/mol. The number of fused-ring (bicyclic) bond motifs is 2. The third kappa shape index (κ3) is 18.0. The van der Waals surface area contributed by atoms with Gasteiger partial charge in [0.15, 0.2) is 0 Å². The summed E-state index contributed by atoms with van der Waals surface area (Å²) < 4.78 is 0. The predicted molar refractivity (Wildman–Crippen MR) is 236 cm³/mol. The molecule has 310 valence electrons. The molecule has 1 aromatic rings. The van der Waals surface area contributed by atoms with Crippen LogP contribution in [-0.2, 0) is 22.4 Å². The Kier molecular flexibility index (Phi) is 25.3. The van der Waals surface area contributed by atoms with Crippen molar-refractivity contribution in [3.05, 3.63) is 23.3 Å². The minimum absolute atomic E-state index is 0.270. The van der Waals surface area contributed by atoms with E-state index in [1.807, 2.05) is 0 Å². The summed E-state index contributed by atoms with van der Waals surface area (Å²) in [5.41, 5.74) is 4.53. The fourth-order valence-corrected chi connectivity index (χ4v) is 9.37. The Labute approximate surface area is 335 Å². The first kappa shape index (κ1) is 46.5. The fourth-order valence-electron chi connectivity index (χ4n) is 9.37. The molecule has 2 aliphatic heterocycles. The molecule has 2 amide bonds. The van der Waals surface area contributed by atoms with Crippen LogP contribution in [0, 0.1) is 11.8 Å². The van der Waals surface area contributed by atoms with Crippen molar-refractivity contribution in [1.29, 1.82) is 0 Å². The lowest BCUT2D eigenvalue weighted by Gasteiger charge is -2.26. The fraction of sp³-hybridized carbons (Fsp3) is 0.840. The van der Waals surface area contributed by atoms with E-state index >= 15 is 0 Å². The topological polar surface area (TPSA) is 40.6 Å². The van der Waals surface area contributed by atoms with Gasteiger partial charge in [0.05, 0.1) is 12.8 Å². The number of carbonyl (C=O) groups is 2. The van der Waals surface area contributed by atoms with E-state index in [-0.39, 0.29) is 11.8 Å². The van der Waals surface area contributed by atoms with Crippen molar-refractivity contribution in [1.82, 2.24) is 0 Å². The normalized spacial score (nSPS) is 15.0. The molecule has 0 spiro atoms. The summed E-state index contributed by atoms with van der Waals surface area (Å²) >= 11 is 0. The van der Waals surface area contributed by atoms with Crippen molar-refractivity contribution in [2.45, 2.75) is 246 Å². The zero-order chi connectivity index (χ0) is 38.6. The van der Waals surface area contributed by atoms with Gasteiger partial charge in [0.2, 0.25) is 11.8 Å². The zero-order valence-electron chi connectivity index (χ0n) is 36.5. The standard InChI is InChI=1S/C50H88N2O2/c1-5-9-13-17-21-23-27-31-35-43(33-29-25-19-15-11-7-3)41-51-47-37-46-40-50(54)52(48(46)38-45(47)39-49(51)53)42-44(34-30-26-20-16-12-8-4)36-32-28-24-22-18-14-10-6-2/h37-38,43-44H,5-36,39-42H2,1-4H3. The van der Waals surface area contributed by atoms with Crippen LogP contribution < -0.4 is 9.80 Å². The number of amides is 2. The summed E-state index contributed by atoms with van der Waals surface area (Å²) in [7, 11) is 0. The van der Waals surface area contributed by atoms with Crippen molar-refractivity contribution in [3.8, 4) is 0 Å². The summed E-state index contributed by atoms with van der Waals surface area (Å²) in [4.78, 5) is 31.6.